The molecule has 198 valence electrons. The molecule has 0 radical (unpaired) electrons. The van der Waals surface area contributed by atoms with E-state index in [1.54, 1.807) is 0 Å². The summed E-state index contributed by atoms with van der Waals surface area (Å²) in [6.45, 7) is -5.83. The van der Waals surface area contributed by atoms with Crippen LogP contribution >= 0.6 is 0 Å². The molecular weight excluding hydrogens is 487 g/mol. The van der Waals surface area contributed by atoms with Crippen LogP contribution in [0.15, 0.2) is 36.3 Å². The molecule has 1 aromatic heterocycles. The lowest BCUT2D eigenvalue weighted by molar-refractivity contribution is -0.286. The van der Waals surface area contributed by atoms with Gasteiger partial charge in [-0.25, -0.2) is 4.39 Å². The Morgan fingerprint density at radius 2 is 2.05 bits per heavy atom. The van der Waals surface area contributed by atoms with Crippen molar-refractivity contribution < 1.29 is 52.7 Å². The maximum absolute atomic E-state index is 15.8. The first-order valence-electron chi connectivity index (χ1n) is 16.8. The summed E-state index contributed by atoms with van der Waals surface area (Å²) in [4.78, 5) is 13.7. The highest BCUT2D eigenvalue weighted by Gasteiger charge is 2.52. The van der Waals surface area contributed by atoms with Crippen LogP contribution < -0.4 is 9.47 Å². The molecule has 2 atom stereocenters. The molecule has 0 bridgehead atoms. The molecule has 1 saturated carbocycles. The molecule has 2 aliphatic rings. The third-order valence-corrected chi connectivity index (χ3v) is 6.82. The van der Waals surface area contributed by atoms with Gasteiger partial charge in [0, 0.05) is 29.8 Å². The molecule has 1 aliphatic heterocycles. The van der Waals surface area contributed by atoms with Crippen LogP contribution in [-0.2, 0) is 28.6 Å². The lowest BCUT2D eigenvalue weighted by Gasteiger charge is -2.26. The van der Waals surface area contributed by atoms with Crippen LogP contribution in [0.4, 0.5) is 13.2 Å². The summed E-state index contributed by atoms with van der Waals surface area (Å²) in [5, 5.41) is 20.3. The first-order chi connectivity index (χ1) is 21.6. The maximum atomic E-state index is 15.8. The topological polar surface area (TPSA) is 80.9 Å². The predicted molar refractivity (Wildman–Crippen MR) is 131 cm³/mol. The molecule has 37 heavy (non-hydrogen) atoms. The van der Waals surface area contributed by atoms with Crippen LogP contribution in [0.5, 0.6) is 11.5 Å². The fourth-order valence-corrected chi connectivity index (χ4v) is 4.52. The van der Waals surface area contributed by atoms with Gasteiger partial charge in [-0.2, -0.15) is 0 Å². The fraction of sp³-hybridized carbons (Fsp3) is 0.464. The van der Waals surface area contributed by atoms with Gasteiger partial charge in [0.2, 0.25) is 0 Å². The molecule has 3 aromatic rings. The number of halogens is 3. The zero-order chi connectivity index (χ0) is 36.4. The number of ketones is 1. The van der Waals surface area contributed by atoms with Gasteiger partial charge in [0.1, 0.15) is 11.6 Å². The van der Waals surface area contributed by atoms with Gasteiger partial charge in [0.05, 0.1) is 38.3 Å². The molecule has 1 aliphatic carbocycles. The van der Waals surface area contributed by atoms with Crippen LogP contribution in [0.3, 0.4) is 0 Å². The van der Waals surface area contributed by atoms with Gasteiger partial charge in [-0.15, -0.1) is 8.78 Å². The van der Waals surface area contributed by atoms with Crippen molar-refractivity contribution in [1.82, 2.24) is 4.57 Å². The van der Waals surface area contributed by atoms with E-state index in [-0.39, 0.29) is 34.9 Å². The zero-order valence-corrected chi connectivity index (χ0v) is 19.8. The molecule has 1 unspecified atom stereocenters. The summed E-state index contributed by atoms with van der Waals surface area (Å²) in [6, 6.07) is 0.777. The van der Waals surface area contributed by atoms with E-state index in [9.17, 15) is 23.8 Å². The highest BCUT2D eigenvalue weighted by atomic mass is 19.3. The standard InChI is InChI=1S/C28H30F3NO5/c1-4-26(2,3)24-10-17-9-16(20(29)13-21(17)32(24)14-19(34)15-33)11-25(35)27(7-8-27)18-5-6-22-23(12-18)37-28(30,31)36-22/h5-6,9-10,12-13,19,33-34H,4,7-8,11,14-15H2,1-3H3/t19-/m0/s1/i2D3,4D2,5D,6D,12D,15D2,19D/t19-,26?. The van der Waals surface area contributed by atoms with E-state index in [0.717, 1.165) is 36.6 Å². The predicted octanol–water partition coefficient (Wildman–Crippen LogP) is 4.99. The number of nitrogens with zero attached hydrogens (tertiary/aromatic N) is 1. The van der Waals surface area contributed by atoms with E-state index in [1.807, 2.05) is 0 Å². The third kappa shape index (κ3) is 4.48. The van der Waals surface area contributed by atoms with E-state index in [1.165, 1.54) is 0 Å². The summed E-state index contributed by atoms with van der Waals surface area (Å²) in [7, 11) is 0. The number of aliphatic hydroxyl groups is 2. The lowest BCUT2D eigenvalue weighted by atomic mass is 9.86. The smallest absolute Gasteiger partial charge is 0.395 e. The van der Waals surface area contributed by atoms with Gasteiger partial charge in [-0.05, 0) is 60.6 Å². The van der Waals surface area contributed by atoms with Crippen molar-refractivity contribution in [1.29, 1.82) is 0 Å². The molecule has 0 saturated heterocycles. The average Bonchev–Trinajstić information content (AvgIpc) is 3.55. The number of ether oxygens (including phenoxy) is 2. The number of hydrogen-bond acceptors (Lipinski definition) is 5. The monoisotopic (exact) mass is 528 g/mol. The van der Waals surface area contributed by atoms with Gasteiger partial charge in [0.25, 0.3) is 0 Å². The largest absolute Gasteiger partial charge is 0.586 e. The van der Waals surface area contributed by atoms with Gasteiger partial charge < -0.3 is 24.3 Å². The van der Waals surface area contributed by atoms with Crippen LogP contribution in [0.25, 0.3) is 10.9 Å². The van der Waals surface area contributed by atoms with E-state index >= 15 is 4.39 Å². The Bertz CT molecular complexity index is 1830. The van der Waals surface area contributed by atoms with E-state index < -0.39 is 103 Å². The first-order valence-corrected chi connectivity index (χ1v) is 11.3. The van der Waals surface area contributed by atoms with Crippen molar-refractivity contribution in [3.8, 4) is 11.5 Å². The molecule has 2 heterocycles. The molecular formula is C28H30F3NO5. The SMILES string of the molecule is [2H]c1c([2H])c(C2(C(=O)Cc3cc4cc(C(C)(C([2H])([2H])[2H])C([2H])([2H])C)n(C[C@]([2H])(O)C([2H])([2H])O)c4cc3F)CC2)c([2H])c2c1OC(F)(F)O2. The van der Waals surface area contributed by atoms with Gasteiger partial charge in [0.15, 0.2) is 11.5 Å². The Labute approximate surface area is 228 Å². The number of benzene rings is 2. The molecule has 0 amide bonds. The van der Waals surface area contributed by atoms with Crippen molar-refractivity contribution in [2.75, 3.05) is 6.56 Å². The third-order valence-electron chi connectivity index (χ3n) is 6.82. The summed E-state index contributed by atoms with van der Waals surface area (Å²) < 4.78 is 142. The van der Waals surface area contributed by atoms with Gasteiger partial charge >= 0.3 is 6.29 Å². The van der Waals surface area contributed by atoms with Crippen molar-refractivity contribution in [2.45, 2.75) is 76.1 Å². The zero-order valence-electron chi connectivity index (χ0n) is 30.8. The minimum absolute atomic E-state index is 0.00538. The Morgan fingerprint density at radius 1 is 1.32 bits per heavy atom. The highest BCUT2D eigenvalue weighted by molar-refractivity contribution is 5.95. The second-order valence-electron chi connectivity index (χ2n) is 9.31. The number of carbonyl (C=O) groups excluding carboxylic acids is 1. The molecule has 0 spiro atoms. The highest BCUT2D eigenvalue weighted by Crippen LogP contribution is 2.52. The number of alkyl halides is 2. The van der Waals surface area contributed by atoms with Gasteiger partial charge in [-0.1, -0.05) is 26.7 Å². The van der Waals surface area contributed by atoms with Crippen molar-refractivity contribution in [2.24, 2.45) is 0 Å². The molecule has 5 rings (SSSR count). The van der Waals surface area contributed by atoms with Crippen molar-refractivity contribution in [3.05, 3.63) is 59.0 Å². The summed E-state index contributed by atoms with van der Waals surface area (Å²) in [5.74, 6) is -3.45. The summed E-state index contributed by atoms with van der Waals surface area (Å²) in [5.41, 5.74) is -5.32. The molecule has 2 N–H and O–H groups in total. The molecule has 6 nitrogen and oxygen atoms in total. The van der Waals surface area contributed by atoms with Crippen LogP contribution in [0.1, 0.15) is 71.8 Å². The number of Topliss-reactive ketones (excluding diaryl/α,β-unsaturated/α-hetero) is 1. The normalized spacial score (nSPS) is 25.9. The number of rotatable bonds is 9. The Morgan fingerprint density at radius 3 is 2.70 bits per heavy atom. The number of carbonyl (C=O) groups is 1. The van der Waals surface area contributed by atoms with Crippen molar-refractivity contribution >= 4 is 16.7 Å². The number of hydrogen-bond donors (Lipinski definition) is 2. The lowest BCUT2D eigenvalue weighted by Crippen LogP contribution is -2.26. The minimum atomic E-state index is -4.20. The van der Waals surface area contributed by atoms with Crippen LogP contribution in [0.2, 0.25) is 0 Å². The Balaban J connectivity index is 1.63. The molecule has 2 aromatic carbocycles. The second kappa shape index (κ2) is 8.77. The van der Waals surface area contributed by atoms with Crippen molar-refractivity contribution in [3.63, 3.8) is 0 Å². The number of fused-ring (bicyclic) bond motifs is 2. The molecule has 9 heteroatoms. The average molecular weight is 529 g/mol. The Hall–Kier alpha value is -3.04. The minimum Gasteiger partial charge on any atom is -0.395 e. The Kier molecular flexibility index (Phi) is 3.65. The maximum Gasteiger partial charge on any atom is 0.586 e. The van der Waals surface area contributed by atoms with E-state index in [0.29, 0.717) is 0 Å². The second-order valence-corrected chi connectivity index (χ2v) is 9.31. The fourth-order valence-electron chi connectivity index (χ4n) is 4.52. The molecule has 1 fully saturated rings. The van der Waals surface area contributed by atoms with E-state index in [2.05, 4.69) is 9.47 Å². The van der Waals surface area contributed by atoms with E-state index in [4.69, 9.17) is 15.1 Å². The first kappa shape index (κ1) is 15.4. The number of aromatic nitrogens is 1. The summed E-state index contributed by atoms with van der Waals surface area (Å²) >= 11 is 0. The van der Waals surface area contributed by atoms with Crippen LogP contribution in [0, 0.1) is 5.82 Å². The quantitative estimate of drug-likeness (QED) is 0.409. The van der Waals surface area contributed by atoms with Crippen LogP contribution in [-0.4, -0.2) is 39.5 Å². The summed E-state index contributed by atoms with van der Waals surface area (Å²) in [6.07, 6.45) is -10.7. The van der Waals surface area contributed by atoms with Gasteiger partial charge in [-0.3, -0.25) is 4.79 Å².